The molecule has 0 N–H and O–H groups in total. The van der Waals surface area contributed by atoms with Gasteiger partial charge in [-0.1, -0.05) is 37.3 Å². The van der Waals surface area contributed by atoms with Crippen molar-refractivity contribution in [1.29, 1.82) is 0 Å². The Bertz CT molecular complexity index is 744. The predicted molar refractivity (Wildman–Crippen MR) is 93.1 cm³/mol. The predicted octanol–water partition coefficient (Wildman–Crippen LogP) is 4.13. The minimum absolute atomic E-state index is 0.261. The maximum Gasteiger partial charge on any atom is 0.161 e. The summed E-state index contributed by atoms with van der Waals surface area (Å²) >= 11 is 0. The van der Waals surface area contributed by atoms with E-state index in [4.69, 9.17) is 4.98 Å². The van der Waals surface area contributed by atoms with E-state index >= 15 is 0 Å². The van der Waals surface area contributed by atoms with Crippen molar-refractivity contribution in [2.45, 2.75) is 19.4 Å². The van der Waals surface area contributed by atoms with Gasteiger partial charge in [-0.2, -0.15) is 0 Å². The number of anilines is 1. The lowest BCUT2D eigenvalue weighted by Crippen LogP contribution is -2.24. The van der Waals surface area contributed by atoms with E-state index < -0.39 is 0 Å². The highest BCUT2D eigenvalue weighted by Crippen LogP contribution is 2.27. The second-order valence-corrected chi connectivity index (χ2v) is 5.42. The van der Waals surface area contributed by atoms with Gasteiger partial charge in [-0.15, -0.1) is 0 Å². The summed E-state index contributed by atoms with van der Waals surface area (Å²) in [5.74, 6) is 1.67. The van der Waals surface area contributed by atoms with Crippen LogP contribution in [0, 0.1) is 0 Å². The van der Waals surface area contributed by atoms with Crippen molar-refractivity contribution in [3.63, 3.8) is 0 Å². The smallest absolute Gasteiger partial charge is 0.161 e. The number of nitrogens with zero attached hydrogens (tertiary/aromatic N) is 4. The molecule has 0 unspecified atom stereocenters. The zero-order valence-corrected chi connectivity index (χ0v) is 13.4. The fourth-order valence-electron chi connectivity index (χ4n) is 2.75. The normalized spacial score (nSPS) is 11.9. The van der Waals surface area contributed by atoms with E-state index in [0.717, 1.165) is 23.6 Å². The average Bonchev–Trinajstić information content (AvgIpc) is 2.64. The van der Waals surface area contributed by atoms with Crippen LogP contribution in [0.1, 0.15) is 24.9 Å². The highest BCUT2D eigenvalue weighted by Gasteiger charge is 2.17. The standard InChI is InChI=1S/C19H20N4/c1-3-17(15-9-12-20-13-10-15)23(2)18-11-14-21-19(22-18)16-7-5-4-6-8-16/h4-14,17H,3H2,1-2H3/t17-/m0/s1. The summed E-state index contributed by atoms with van der Waals surface area (Å²) < 4.78 is 0. The second-order valence-electron chi connectivity index (χ2n) is 5.42. The maximum absolute atomic E-state index is 4.74. The molecule has 1 aromatic carbocycles. The first-order valence-electron chi connectivity index (χ1n) is 7.81. The molecule has 2 aromatic heterocycles. The number of aromatic nitrogens is 3. The Labute approximate surface area is 136 Å². The van der Waals surface area contributed by atoms with Crippen molar-refractivity contribution in [2.75, 3.05) is 11.9 Å². The molecule has 0 spiro atoms. The van der Waals surface area contributed by atoms with E-state index in [1.165, 1.54) is 5.56 Å². The van der Waals surface area contributed by atoms with Crippen LogP contribution in [0.5, 0.6) is 0 Å². The summed E-state index contributed by atoms with van der Waals surface area (Å²) in [6, 6.07) is 16.4. The van der Waals surface area contributed by atoms with Crippen LogP contribution in [-0.2, 0) is 0 Å². The summed E-state index contributed by atoms with van der Waals surface area (Å²) in [5, 5.41) is 0. The first-order chi connectivity index (χ1) is 11.3. The molecule has 23 heavy (non-hydrogen) atoms. The third-order valence-electron chi connectivity index (χ3n) is 3.98. The van der Waals surface area contributed by atoms with E-state index in [0.29, 0.717) is 0 Å². The zero-order valence-electron chi connectivity index (χ0n) is 13.4. The van der Waals surface area contributed by atoms with Crippen molar-refractivity contribution >= 4 is 5.82 Å². The number of hydrogen-bond donors (Lipinski definition) is 0. The van der Waals surface area contributed by atoms with Crippen LogP contribution in [-0.4, -0.2) is 22.0 Å². The van der Waals surface area contributed by atoms with Crippen LogP contribution in [0.4, 0.5) is 5.82 Å². The second kappa shape index (κ2) is 7.01. The van der Waals surface area contributed by atoms with Crippen molar-refractivity contribution in [1.82, 2.24) is 15.0 Å². The SMILES string of the molecule is CC[C@@H](c1ccncc1)N(C)c1ccnc(-c2ccccc2)n1. The summed E-state index contributed by atoms with van der Waals surface area (Å²) in [7, 11) is 2.08. The van der Waals surface area contributed by atoms with E-state index in [1.807, 2.05) is 55.0 Å². The van der Waals surface area contributed by atoms with Gasteiger partial charge in [-0.25, -0.2) is 9.97 Å². The van der Waals surface area contributed by atoms with Crippen molar-refractivity contribution < 1.29 is 0 Å². The van der Waals surface area contributed by atoms with Gasteiger partial charge in [0.05, 0.1) is 6.04 Å². The Hall–Kier alpha value is -2.75. The first-order valence-corrected chi connectivity index (χ1v) is 7.81. The molecule has 4 nitrogen and oxygen atoms in total. The number of benzene rings is 1. The number of hydrogen-bond acceptors (Lipinski definition) is 4. The van der Waals surface area contributed by atoms with Crippen molar-refractivity contribution in [3.05, 3.63) is 72.7 Å². The molecule has 1 atom stereocenters. The van der Waals surface area contributed by atoms with Crippen LogP contribution in [0.2, 0.25) is 0 Å². The van der Waals surface area contributed by atoms with Gasteiger partial charge < -0.3 is 4.90 Å². The van der Waals surface area contributed by atoms with E-state index in [2.05, 4.69) is 41.0 Å². The quantitative estimate of drug-likeness (QED) is 0.711. The third-order valence-corrected chi connectivity index (χ3v) is 3.98. The van der Waals surface area contributed by atoms with Gasteiger partial charge in [0, 0.05) is 31.2 Å². The van der Waals surface area contributed by atoms with Gasteiger partial charge >= 0.3 is 0 Å². The molecule has 0 aliphatic rings. The fraction of sp³-hybridized carbons (Fsp3) is 0.211. The Balaban J connectivity index is 1.92. The maximum atomic E-state index is 4.74. The van der Waals surface area contributed by atoms with Gasteiger partial charge in [0.25, 0.3) is 0 Å². The molecule has 0 aliphatic carbocycles. The highest BCUT2D eigenvalue weighted by molar-refractivity contribution is 5.57. The summed E-state index contributed by atoms with van der Waals surface area (Å²) in [5.41, 5.74) is 2.27. The lowest BCUT2D eigenvalue weighted by Gasteiger charge is -2.28. The molecule has 4 heteroatoms. The molecular weight excluding hydrogens is 284 g/mol. The molecule has 0 saturated carbocycles. The molecule has 2 heterocycles. The molecule has 0 bridgehead atoms. The van der Waals surface area contributed by atoms with Crippen molar-refractivity contribution in [2.24, 2.45) is 0 Å². The first kappa shape index (κ1) is 15.2. The topological polar surface area (TPSA) is 41.9 Å². The van der Waals surface area contributed by atoms with Gasteiger partial charge in [0.1, 0.15) is 5.82 Å². The molecule has 3 rings (SSSR count). The molecule has 0 saturated heterocycles. The lowest BCUT2D eigenvalue weighted by atomic mass is 10.0. The van der Waals surface area contributed by atoms with Crippen LogP contribution in [0.25, 0.3) is 11.4 Å². The van der Waals surface area contributed by atoms with Crippen LogP contribution in [0.3, 0.4) is 0 Å². The molecule has 116 valence electrons. The summed E-state index contributed by atoms with van der Waals surface area (Å²) in [6.07, 6.45) is 6.48. The lowest BCUT2D eigenvalue weighted by molar-refractivity contribution is 0.640. The summed E-state index contributed by atoms with van der Waals surface area (Å²) in [6.45, 7) is 2.18. The number of rotatable bonds is 5. The molecule has 3 aromatic rings. The Morgan fingerprint density at radius 1 is 0.957 bits per heavy atom. The average molecular weight is 304 g/mol. The minimum Gasteiger partial charge on any atom is -0.353 e. The van der Waals surface area contributed by atoms with E-state index in [1.54, 1.807) is 0 Å². The molecule has 0 aliphatic heterocycles. The Morgan fingerprint density at radius 3 is 2.39 bits per heavy atom. The molecular formula is C19H20N4. The number of pyridine rings is 1. The van der Waals surface area contributed by atoms with Crippen LogP contribution >= 0.6 is 0 Å². The Kier molecular flexibility index (Phi) is 4.62. The van der Waals surface area contributed by atoms with Gasteiger partial charge in [0.2, 0.25) is 0 Å². The molecule has 0 amide bonds. The van der Waals surface area contributed by atoms with E-state index in [9.17, 15) is 0 Å². The minimum atomic E-state index is 0.261. The zero-order chi connectivity index (χ0) is 16.1. The van der Waals surface area contributed by atoms with Crippen molar-refractivity contribution in [3.8, 4) is 11.4 Å². The fourth-order valence-corrected chi connectivity index (χ4v) is 2.75. The Morgan fingerprint density at radius 2 is 1.70 bits per heavy atom. The largest absolute Gasteiger partial charge is 0.353 e. The molecule has 0 fully saturated rings. The van der Waals surface area contributed by atoms with E-state index in [-0.39, 0.29) is 6.04 Å². The third kappa shape index (κ3) is 3.37. The highest BCUT2D eigenvalue weighted by atomic mass is 15.2. The van der Waals surface area contributed by atoms with Gasteiger partial charge in [0.15, 0.2) is 5.82 Å². The van der Waals surface area contributed by atoms with Gasteiger partial charge in [-0.3, -0.25) is 4.98 Å². The monoisotopic (exact) mass is 304 g/mol. The summed E-state index contributed by atoms with van der Waals surface area (Å²) in [4.78, 5) is 15.4. The molecule has 0 radical (unpaired) electrons. The van der Waals surface area contributed by atoms with Crippen LogP contribution in [0.15, 0.2) is 67.1 Å². The van der Waals surface area contributed by atoms with Crippen LogP contribution < -0.4 is 4.90 Å². The van der Waals surface area contributed by atoms with Gasteiger partial charge in [-0.05, 0) is 30.2 Å².